The number of nitrogens with zero attached hydrogens (tertiary/aromatic N) is 2. The summed E-state index contributed by atoms with van der Waals surface area (Å²) in [6, 6.07) is 5.87. The Morgan fingerprint density at radius 1 is 1.28 bits per heavy atom. The number of amides is 1. The van der Waals surface area contributed by atoms with E-state index < -0.39 is 17.2 Å². The van der Waals surface area contributed by atoms with Gasteiger partial charge in [-0.3, -0.25) is 9.48 Å². The molecule has 0 atom stereocenters. The molecule has 0 bridgehead atoms. The minimum Gasteiger partial charge on any atom is -0.354 e. The Morgan fingerprint density at radius 3 is 2.72 bits per heavy atom. The maximum Gasteiger partial charge on any atom is 0.248 e. The molecule has 2 N–H and O–H groups in total. The lowest BCUT2D eigenvalue weighted by atomic mass is 9.87. The number of carbonyl (C=O) groups is 1. The van der Waals surface area contributed by atoms with Gasteiger partial charge >= 0.3 is 0 Å². The molecule has 1 aliphatic rings. The number of hydrogen-bond donors (Lipinski definition) is 2. The van der Waals surface area contributed by atoms with Crippen molar-refractivity contribution in [2.75, 3.05) is 19.6 Å². The summed E-state index contributed by atoms with van der Waals surface area (Å²) in [6.07, 6.45) is 4.95. The van der Waals surface area contributed by atoms with Gasteiger partial charge < -0.3 is 10.6 Å². The summed E-state index contributed by atoms with van der Waals surface area (Å²) in [5.74, 6) is -1.86. The molecule has 2 aromatic rings. The zero-order valence-corrected chi connectivity index (χ0v) is 14.5. The number of benzene rings is 1. The van der Waals surface area contributed by atoms with Crippen molar-refractivity contribution >= 4 is 18.3 Å². The van der Waals surface area contributed by atoms with E-state index in [1.165, 1.54) is 12.1 Å². The normalized spacial score (nSPS) is 16.1. The van der Waals surface area contributed by atoms with Crippen LogP contribution in [0.15, 0.2) is 36.7 Å². The third-order valence-corrected chi connectivity index (χ3v) is 4.51. The van der Waals surface area contributed by atoms with E-state index in [4.69, 9.17) is 0 Å². The summed E-state index contributed by atoms with van der Waals surface area (Å²) in [5, 5.41) is 10.3. The van der Waals surface area contributed by atoms with Crippen LogP contribution in [0.4, 0.5) is 8.78 Å². The van der Waals surface area contributed by atoms with Crippen LogP contribution in [-0.2, 0) is 16.8 Å². The minimum absolute atomic E-state index is 0. The number of halogens is 3. The lowest BCUT2D eigenvalue weighted by Crippen LogP contribution is -2.54. The first kappa shape index (κ1) is 19.3. The van der Waals surface area contributed by atoms with Gasteiger partial charge in [0, 0.05) is 18.9 Å². The molecule has 0 radical (unpaired) electrons. The van der Waals surface area contributed by atoms with Crippen LogP contribution in [0.2, 0.25) is 0 Å². The largest absolute Gasteiger partial charge is 0.354 e. The minimum atomic E-state index is -0.870. The molecular formula is C17H21ClF2N4O. The van der Waals surface area contributed by atoms with E-state index in [-0.39, 0.29) is 36.8 Å². The highest BCUT2D eigenvalue weighted by atomic mass is 35.5. The summed E-state index contributed by atoms with van der Waals surface area (Å²) >= 11 is 0. The van der Waals surface area contributed by atoms with Crippen LogP contribution < -0.4 is 10.6 Å². The maximum atomic E-state index is 13.7. The summed E-state index contributed by atoms with van der Waals surface area (Å²) < 4.78 is 28.6. The van der Waals surface area contributed by atoms with Crippen LogP contribution >= 0.6 is 12.4 Å². The highest BCUT2D eigenvalue weighted by Gasteiger charge is 2.41. The van der Waals surface area contributed by atoms with Crippen molar-refractivity contribution in [2.45, 2.75) is 24.8 Å². The van der Waals surface area contributed by atoms with Crippen LogP contribution in [0.25, 0.3) is 0 Å². The van der Waals surface area contributed by atoms with Crippen LogP contribution in [0, 0.1) is 11.6 Å². The summed E-state index contributed by atoms with van der Waals surface area (Å²) in [7, 11) is 0. The van der Waals surface area contributed by atoms with Crippen molar-refractivity contribution < 1.29 is 13.6 Å². The molecule has 3 rings (SSSR count). The highest BCUT2D eigenvalue weighted by Crippen LogP contribution is 2.27. The molecule has 2 heterocycles. The first-order chi connectivity index (χ1) is 11.6. The predicted octanol–water partition coefficient (Wildman–Crippen LogP) is 2.02. The van der Waals surface area contributed by atoms with E-state index in [1.807, 2.05) is 0 Å². The van der Waals surface area contributed by atoms with Gasteiger partial charge in [-0.25, -0.2) is 8.78 Å². The molecule has 1 saturated heterocycles. The average Bonchev–Trinajstić information content (AvgIpc) is 3.14. The SMILES string of the molecule is Cl.O=C(NCCc1cccc(F)c1F)C1(n2cccn2)CCNCC1. The molecule has 0 aliphatic carbocycles. The molecule has 5 nitrogen and oxygen atoms in total. The molecule has 0 unspecified atom stereocenters. The fraction of sp³-hybridized carbons (Fsp3) is 0.412. The second kappa shape index (κ2) is 8.40. The molecule has 0 spiro atoms. The smallest absolute Gasteiger partial charge is 0.248 e. The Morgan fingerprint density at radius 2 is 2.04 bits per heavy atom. The molecule has 136 valence electrons. The summed E-state index contributed by atoms with van der Waals surface area (Å²) in [5.41, 5.74) is -0.469. The van der Waals surface area contributed by atoms with Gasteiger partial charge in [-0.15, -0.1) is 12.4 Å². The first-order valence-corrected chi connectivity index (χ1v) is 8.05. The molecule has 0 saturated carbocycles. The molecular weight excluding hydrogens is 350 g/mol. The Labute approximate surface area is 151 Å². The van der Waals surface area contributed by atoms with E-state index in [0.717, 1.165) is 19.2 Å². The Balaban J connectivity index is 0.00000225. The fourth-order valence-electron chi connectivity index (χ4n) is 3.14. The van der Waals surface area contributed by atoms with Crippen LogP contribution in [-0.4, -0.2) is 35.3 Å². The molecule has 1 aromatic carbocycles. The van der Waals surface area contributed by atoms with Crippen LogP contribution in [0.5, 0.6) is 0 Å². The van der Waals surface area contributed by atoms with Gasteiger partial charge in [0.1, 0.15) is 5.54 Å². The number of carbonyl (C=O) groups excluding carboxylic acids is 1. The van der Waals surface area contributed by atoms with Crippen LogP contribution in [0.3, 0.4) is 0 Å². The number of rotatable bonds is 5. The summed E-state index contributed by atoms with van der Waals surface area (Å²) in [6.45, 7) is 1.70. The molecule has 1 aliphatic heterocycles. The Hall–Kier alpha value is -1.99. The van der Waals surface area contributed by atoms with Crippen molar-refractivity contribution in [3.8, 4) is 0 Å². The molecule has 1 fully saturated rings. The topological polar surface area (TPSA) is 59.0 Å². The average molecular weight is 371 g/mol. The molecule has 8 heteroatoms. The lowest BCUT2D eigenvalue weighted by molar-refractivity contribution is -0.131. The Bertz CT molecular complexity index is 703. The van der Waals surface area contributed by atoms with Gasteiger partial charge in [0.05, 0.1) is 0 Å². The highest BCUT2D eigenvalue weighted by molar-refractivity contribution is 5.85. The monoisotopic (exact) mass is 370 g/mol. The van der Waals surface area contributed by atoms with Crippen molar-refractivity contribution in [3.63, 3.8) is 0 Å². The third-order valence-electron chi connectivity index (χ3n) is 4.51. The molecule has 1 amide bonds. The van der Waals surface area contributed by atoms with E-state index in [1.54, 1.807) is 23.1 Å². The van der Waals surface area contributed by atoms with Gasteiger partial charge in [-0.1, -0.05) is 12.1 Å². The number of hydrogen-bond acceptors (Lipinski definition) is 3. The van der Waals surface area contributed by atoms with Crippen LogP contribution in [0.1, 0.15) is 18.4 Å². The maximum absolute atomic E-state index is 13.7. The molecule has 25 heavy (non-hydrogen) atoms. The van der Waals surface area contributed by atoms with E-state index >= 15 is 0 Å². The summed E-state index contributed by atoms with van der Waals surface area (Å²) in [4.78, 5) is 12.8. The number of piperidine rings is 1. The standard InChI is InChI=1S/C17H20F2N4O.ClH/c18-14-4-1-3-13(15(14)19)5-9-21-16(24)17(6-10-20-11-7-17)23-12-2-8-22-23;/h1-4,8,12,20H,5-7,9-11H2,(H,21,24);1H. The first-order valence-electron chi connectivity index (χ1n) is 8.05. The number of aromatic nitrogens is 2. The van der Waals surface area contributed by atoms with Crippen molar-refractivity contribution in [2.24, 2.45) is 0 Å². The Kier molecular flexibility index (Phi) is 6.50. The van der Waals surface area contributed by atoms with Gasteiger partial charge in [-0.05, 0) is 50.0 Å². The van der Waals surface area contributed by atoms with E-state index in [0.29, 0.717) is 12.8 Å². The van der Waals surface area contributed by atoms with Crippen molar-refractivity contribution in [1.82, 2.24) is 20.4 Å². The fourth-order valence-corrected chi connectivity index (χ4v) is 3.14. The second-order valence-corrected chi connectivity index (χ2v) is 5.95. The van der Waals surface area contributed by atoms with Crippen molar-refractivity contribution in [1.29, 1.82) is 0 Å². The van der Waals surface area contributed by atoms with Gasteiger partial charge in [-0.2, -0.15) is 5.10 Å². The van der Waals surface area contributed by atoms with Crippen molar-refractivity contribution in [3.05, 3.63) is 53.9 Å². The quantitative estimate of drug-likeness (QED) is 0.846. The third kappa shape index (κ3) is 3.99. The van der Waals surface area contributed by atoms with E-state index in [2.05, 4.69) is 15.7 Å². The van der Waals surface area contributed by atoms with Gasteiger partial charge in [0.25, 0.3) is 0 Å². The molecule has 1 aromatic heterocycles. The van der Waals surface area contributed by atoms with E-state index in [9.17, 15) is 13.6 Å². The zero-order chi connectivity index (χ0) is 17.0. The second-order valence-electron chi connectivity index (χ2n) is 5.95. The zero-order valence-electron chi connectivity index (χ0n) is 13.7. The predicted molar refractivity (Wildman–Crippen MR) is 92.6 cm³/mol. The van der Waals surface area contributed by atoms with Gasteiger partial charge in [0.2, 0.25) is 5.91 Å². The number of nitrogens with one attached hydrogen (secondary N) is 2. The lowest BCUT2D eigenvalue weighted by Gasteiger charge is -2.36. The van der Waals surface area contributed by atoms with Gasteiger partial charge in [0.15, 0.2) is 11.6 Å².